The number of rotatable bonds is 6. The Morgan fingerprint density at radius 3 is 2.42 bits per heavy atom. The molecule has 106 valence electrons. The second-order valence-corrected chi connectivity index (χ2v) is 5.51. The summed E-state index contributed by atoms with van der Waals surface area (Å²) in [5, 5.41) is 0. The zero-order chi connectivity index (χ0) is 14.4. The van der Waals surface area contributed by atoms with Crippen LogP contribution in [0.4, 0.5) is 0 Å². The minimum absolute atomic E-state index is 0.463. The zero-order valence-corrected chi connectivity index (χ0v) is 12.9. The van der Waals surface area contributed by atoms with Crippen LogP contribution in [0, 0.1) is 5.92 Å². The molecule has 0 aliphatic carbocycles. The number of allylic oxidation sites excluding steroid dienone is 1. The summed E-state index contributed by atoms with van der Waals surface area (Å²) in [7, 11) is 1.74. The maximum absolute atomic E-state index is 5.61. The Hall–Kier alpha value is -1.28. The summed E-state index contributed by atoms with van der Waals surface area (Å²) < 4.78 is 5.58. The molecule has 0 radical (unpaired) electrons. The molecule has 2 nitrogen and oxygen atoms in total. The average molecular weight is 261 g/mol. The van der Waals surface area contributed by atoms with Gasteiger partial charge in [0.2, 0.25) is 0 Å². The molecule has 0 heterocycles. The van der Waals surface area contributed by atoms with Crippen molar-refractivity contribution in [3.05, 3.63) is 35.4 Å². The third-order valence-electron chi connectivity index (χ3n) is 3.36. The van der Waals surface area contributed by atoms with Gasteiger partial charge in [0.15, 0.2) is 0 Å². The topological polar surface area (TPSA) is 35.2 Å². The van der Waals surface area contributed by atoms with Crippen molar-refractivity contribution >= 4 is 5.57 Å². The van der Waals surface area contributed by atoms with E-state index in [4.69, 9.17) is 10.5 Å². The van der Waals surface area contributed by atoms with Gasteiger partial charge in [-0.05, 0) is 42.0 Å². The molecule has 0 aliphatic rings. The van der Waals surface area contributed by atoms with E-state index in [1.54, 1.807) is 7.11 Å². The molecule has 19 heavy (non-hydrogen) atoms. The summed E-state index contributed by atoms with van der Waals surface area (Å²) in [5.74, 6) is 1.94. The third-order valence-corrected chi connectivity index (χ3v) is 3.36. The first kappa shape index (κ1) is 15.8. The fourth-order valence-electron chi connectivity index (χ4n) is 2.20. The first-order valence-corrected chi connectivity index (χ1v) is 7.09. The van der Waals surface area contributed by atoms with Gasteiger partial charge in [0.1, 0.15) is 5.75 Å². The van der Waals surface area contributed by atoms with E-state index in [0.717, 1.165) is 12.2 Å². The monoisotopic (exact) mass is 261 g/mol. The van der Waals surface area contributed by atoms with E-state index in [1.807, 2.05) is 0 Å². The lowest BCUT2D eigenvalue weighted by molar-refractivity contribution is 0.412. The van der Waals surface area contributed by atoms with Crippen LogP contribution in [-0.4, -0.2) is 13.7 Å². The Bertz CT molecular complexity index is 433. The maximum atomic E-state index is 5.61. The van der Waals surface area contributed by atoms with Gasteiger partial charge in [-0.2, -0.15) is 0 Å². The van der Waals surface area contributed by atoms with Gasteiger partial charge in [0.25, 0.3) is 0 Å². The quantitative estimate of drug-likeness (QED) is 0.832. The predicted octanol–water partition coefficient (Wildman–Crippen LogP) is 4.21. The normalized spacial score (nSPS) is 12.3. The molecule has 2 N–H and O–H groups in total. The molecular formula is C17H27NO. The molecule has 0 amide bonds. The Balaban J connectivity index is 3.23. The average Bonchev–Trinajstić information content (AvgIpc) is 2.38. The molecule has 1 aromatic rings. The van der Waals surface area contributed by atoms with Crippen molar-refractivity contribution in [3.63, 3.8) is 0 Å². The third kappa shape index (κ3) is 4.10. The van der Waals surface area contributed by atoms with E-state index in [1.165, 1.54) is 16.7 Å². The number of nitrogens with two attached hydrogens (primary N) is 1. The van der Waals surface area contributed by atoms with E-state index in [2.05, 4.69) is 52.0 Å². The minimum Gasteiger partial charge on any atom is -0.496 e. The fraction of sp³-hybridized carbons (Fsp3) is 0.529. The Kier molecular flexibility index (Phi) is 6.10. The van der Waals surface area contributed by atoms with Gasteiger partial charge in [0.05, 0.1) is 7.11 Å². The second-order valence-electron chi connectivity index (χ2n) is 5.51. The SMILES string of the molecule is COc1cc(C(C)C)ccc1/C(=C/CCN)C(C)C. The van der Waals surface area contributed by atoms with Crippen LogP contribution in [-0.2, 0) is 0 Å². The molecule has 0 fully saturated rings. The van der Waals surface area contributed by atoms with Crippen molar-refractivity contribution < 1.29 is 4.74 Å². The first-order valence-electron chi connectivity index (χ1n) is 7.09. The highest BCUT2D eigenvalue weighted by molar-refractivity contribution is 5.72. The van der Waals surface area contributed by atoms with Gasteiger partial charge < -0.3 is 10.5 Å². The molecule has 1 aromatic carbocycles. The summed E-state index contributed by atoms with van der Waals surface area (Å²) >= 11 is 0. The number of ether oxygens (including phenoxy) is 1. The fourth-order valence-corrected chi connectivity index (χ4v) is 2.20. The highest BCUT2D eigenvalue weighted by atomic mass is 16.5. The Labute approximate surface area is 117 Å². The van der Waals surface area contributed by atoms with Crippen molar-refractivity contribution in [2.45, 2.75) is 40.0 Å². The zero-order valence-electron chi connectivity index (χ0n) is 12.9. The van der Waals surface area contributed by atoms with E-state index in [0.29, 0.717) is 18.4 Å². The van der Waals surface area contributed by atoms with E-state index < -0.39 is 0 Å². The summed E-state index contributed by atoms with van der Waals surface area (Å²) in [6.45, 7) is 9.49. The minimum atomic E-state index is 0.463. The van der Waals surface area contributed by atoms with Crippen LogP contribution in [0.3, 0.4) is 0 Å². The molecule has 0 saturated heterocycles. The summed E-state index contributed by atoms with van der Waals surface area (Å²) in [4.78, 5) is 0. The maximum Gasteiger partial charge on any atom is 0.126 e. The van der Waals surface area contributed by atoms with Crippen LogP contribution in [0.1, 0.15) is 51.2 Å². The van der Waals surface area contributed by atoms with E-state index in [9.17, 15) is 0 Å². The van der Waals surface area contributed by atoms with Gasteiger partial charge >= 0.3 is 0 Å². The predicted molar refractivity (Wildman–Crippen MR) is 83.6 cm³/mol. The van der Waals surface area contributed by atoms with Gasteiger partial charge in [-0.1, -0.05) is 45.9 Å². The van der Waals surface area contributed by atoms with Gasteiger partial charge in [-0.25, -0.2) is 0 Å². The second kappa shape index (κ2) is 7.34. The first-order chi connectivity index (χ1) is 9.01. The van der Waals surface area contributed by atoms with Gasteiger partial charge in [-0.3, -0.25) is 0 Å². The van der Waals surface area contributed by atoms with Crippen molar-refractivity contribution in [1.29, 1.82) is 0 Å². The molecular weight excluding hydrogens is 234 g/mol. The molecule has 0 aliphatic heterocycles. The smallest absolute Gasteiger partial charge is 0.126 e. The van der Waals surface area contributed by atoms with Crippen LogP contribution in [0.2, 0.25) is 0 Å². The molecule has 0 unspecified atom stereocenters. The van der Waals surface area contributed by atoms with Crippen LogP contribution in [0.5, 0.6) is 5.75 Å². The van der Waals surface area contributed by atoms with Crippen LogP contribution >= 0.6 is 0 Å². The summed E-state index contributed by atoms with van der Waals surface area (Å²) in [5.41, 5.74) is 9.43. The molecule has 0 aromatic heterocycles. The summed E-state index contributed by atoms with van der Waals surface area (Å²) in [6.07, 6.45) is 3.14. The lowest BCUT2D eigenvalue weighted by Gasteiger charge is -2.17. The van der Waals surface area contributed by atoms with Gasteiger partial charge in [-0.15, -0.1) is 0 Å². The van der Waals surface area contributed by atoms with Crippen LogP contribution < -0.4 is 10.5 Å². The molecule has 0 bridgehead atoms. The van der Waals surface area contributed by atoms with E-state index in [-0.39, 0.29) is 0 Å². The summed E-state index contributed by atoms with van der Waals surface area (Å²) in [6, 6.07) is 6.52. The molecule has 0 saturated carbocycles. The van der Waals surface area contributed by atoms with Crippen LogP contribution in [0.15, 0.2) is 24.3 Å². The molecule has 1 rings (SSSR count). The standard InChI is InChI=1S/C17H27NO/c1-12(2)14-8-9-16(17(11-14)19-5)15(13(3)4)7-6-10-18/h7-9,11-13H,6,10,18H2,1-5H3/b15-7+. The number of hydrogen-bond donors (Lipinski definition) is 1. The molecule has 0 spiro atoms. The van der Waals surface area contributed by atoms with Crippen molar-refractivity contribution in [2.24, 2.45) is 11.7 Å². The largest absolute Gasteiger partial charge is 0.496 e. The van der Waals surface area contributed by atoms with Gasteiger partial charge in [0, 0.05) is 5.56 Å². The lowest BCUT2D eigenvalue weighted by Crippen LogP contribution is -2.02. The van der Waals surface area contributed by atoms with Crippen molar-refractivity contribution in [1.82, 2.24) is 0 Å². The molecule has 2 heteroatoms. The highest BCUT2D eigenvalue weighted by Crippen LogP contribution is 2.33. The number of methoxy groups -OCH3 is 1. The molecule has 0 atom stereocenters. The number of benzene rings is 1. The Morgan fingerprint density at radius 2 is 1.95 bits per heavy atom. The Morgan fingerprint density at radius 1 is 1.26 bits per heavy atom. The van der Waals surface area contributed by atoms with Crippen molar-refractivity contribution in [2.75, 3.05) is 13.7 Å². The lowest BCUT2D eigenvalue weighted by atomic mass is 9.91. The highest BCUT2D eigenvalue weighted by Gasteiger charge is 2.13. The van der Waals surface area contributed by atoms with Crippen LogP contribution in [0.25, 0.3) is 5.57 Å². The van der Waals surface area contributed by atoms with Crippen molar-refractivity contribution in [3.8, 4) is 5.75 Å². The van der Waals surface area contributed by atoms with E-state index >= 15 is 0 Å². The number of hydrogen-bond acceptors (Lipinski definition) is 2.